The van der Waals surface area contributed by atoms with Crippen LogP contribution in [0.15, 0.2) is 61.2 Å². The Balaban J connectivity index is 1.65. The molecule has 2 aromatic carbocycles. The second-order valence-corrected chi connectivity index (χ2v) is 6.63. The standard InChI is InChI=1S/C21H24N4O2/c1-15-5-11-20(12-6-15)27-17(3)21(26)24(4)16(2)18-7-9-19(10-8-18)25-14-22-13-23-25/h5-14,16-17H,1-4H3/t16-,17-/m0/s1. The lowest BCUT2D eigenvalue weighted by Crippen LogP contribution is -2.39. The molecule has 0 saturated carbocycles. The molecule has 0 N–H and O–H groups in total. The van der Waals surface area contributed by atoms with Crippen LogP contribution in [-0.2, 0) is 4.79 Å². The van der Waals surface area contributed by atoms with E-state index in [0.717, 1.165) is 16.8 Å². The van der Waals surface area contributed by atoms with Crippen molar-refractivity contribution in [3.8, 4) is 11.4 Å². The van der Waals surface area contributed by atoms with Crippen LogP contribution in [0.1, 0.15) is 31.0 Å². The zero-order chi connectivity index (χ0) is 19.4. The summed E-state index contributed by atoms with van der Waals surface area (Å²) in [4.78, 5) is 18.4. The predicted octanol–water partition coefficient (Wildman–Crippen LogP) is 3.56. The van der Waals surface area contributed by atoms with Crippen LogP contribution >= 0.6 is 0 Å². The fraction of sp³-hybridized carbons (Fsp3) is 0.286. The van der Waals surface area contributed by atoms with Crippen molar-refractivity contribution < 1.29 is 9.53 Å². The molecule has 0 bridgehead atoms. The van der Waals surface area contributed by atoms with Crippen LogP contribution in [0, 0.1) is 6.92 Å². The molecular weight excluding hydrogens is 340 g/mol. The van der Waals surface area contributed by atoms with Gasteiger partial charge in [-0.2, -0.15) is 5.10 Å². The van der Waals surface area contributed by atoms with E-state index < -0.39 is 6.10 Å². The van der Waals surface area contributed by atoms with E-state index >= 15 is 0 Å². The van der Waals surface area contributed by atoms with Gasteiger partial charge >= 0.3 is 0 Å². The Labute approximate surface area is 159 Å². The number of carbonyl (C=O) groups is 1. The Morgan fingerprint density at radius 2 is 1.74 bits per heavy atom. The highest BCUT2D eigenvalue weighted by Crippen LogP contribution is 2.22. The number of ether oxygens (including phenoxy) is 1. The average molecular weight is 364 g/mol. The molecule has 0 aliphatic rings. The number of aryl methyl sites for hydroxylation is 1. The molecule has 27 heavy (non-hydrogen) atoms. The number of benzene rings is 2. The van der Waals surface area contributed by atoms with Crippen LogP contribution in [0.3, 0.4) is 0 Å². The smallest absolute Gasteiger partial charge is 0.263 e. The summed E-state index contributed by atoms with van der Waals surface area (Å²) in [6.45, 7) is 5.79. The minimum atomic E-state index is -0.561. The van der Waals surface area contributed by atoms with Gasteiger partial charge in [0.25, 0.3) is 5.91 Å². The first-order valence-electron chi connectivity index (χ1n) is 8.90. The maximum Gasteiger partial charge on any atom is 0.263 e. The number of rotatable bonds is 6. The first kappa shape index (κ1) is 18.6. The Morgan fingerprint density at radius 1 is 1.07 bits per heavy atom. The van der Waals surface area contributed by atoms with E-state index in [-0.39, 0.29) is 11.9 Å². The van der Waals surface area contributed by atoms with Gasteiger partial charge < -0.3 is 9.64 Å². The first-order valence-corrected chi connectivity index (χ1v) is 8.90. The van der Waals surface area contributed by atoms with Gasteiger partial charge in [-0.15, -0.1) is 0 Å². The number of hydrogen-bond donors (Lipinski definition) is 0. The van der Waals surface area contributed by atoms with Crippen LogP contribution in [0.4, 0.5) is 0 Å². The lowest BCUT2D eigenvalue weighted by Gasteiger charge is -2.28. The molecule has 1 amide bonds. The molecule has 0 saturated heterocycles. The highest BCUT2D eigenvalue weighted by molar-refractivity contribution is 5.81. The molecule has 0 aliphatic carbocycles. The molecule has 0 aliphatic heterocycles. The number of likely N-dealkylation sites (N-methyl/N-ethyl adjacent to an activating group) is 1. The SMILES string of the molecule is Cc1ccc(O[C@@H](C)C(=O)N(C)[C@@H](C)c2ccc(-n3cncn3)cc2)cc1. The van der Waals surface area contributed by atoms with Gasteiger partial charge in [-0.1, -0.05) is 29.8 Å². The quantitative estimate of drug-likeness (QED) is 0.671. The third-order valence-electron chi connectivity index (χ3n) is 4.67. The van der Waals surface area contributed by atoms with E-state index in [0.29, 0.717) is 5.75 Å². The number of nitrogens with zero attached hydrogens (tertiary/aromatic N) is 4. The van der Waals surface area contributed by atoms with Crippen molar-refractivity contribution in [3.05, 3.63) is 72.3 Å². The summed E-state index contributed by atoms with van der Waals surface area (Å²) in [6, 6.07) is 15.5. The Bertz CT molecular complexity index is 874. The number of hydrogen-bond acceptors (Lipinski definition) is 4. The summed E-state index contributed by atoms with van der Waals surface area (Å²) in [5, 5.41) is 4.12. The largest absolute Gasteiger partial charge is 0.481 e. The van der Waals surface area contributed by atoms with Gasteiger partial charge in [0.2, 0.25) is 0 Å². The topological polar surface area (TPSA) is 60.2 Å². The summed E-state index contributed by atoms with van der Waals surface area (Å²) in [7, 11) is 1.80. The Hall–Kier alpha value is -3.15. The lowest BCUT2D eigenvalue weighted by atomic mass is 10.1. The fourth-order valence-electron chi connectivity index (χ4n) is 2.82. The maximum absolute atomic E-state index is 12.8. The van der Waals surface area contributed by atoms with Crippen molar-refractivity contribution >= 4 is 5.91 Å². The number of amides is 1. The zero-order valence-electron chi connectivity index (χ0n) is 16.0. The molecule has 2 atom stereocenters. The molecule has 1 heterocycles. The lowest BCUT2D eigenvalue weighted by molar-refractivity contribution is -0.138. The van der Waals surface area contributed by atoms with Crippen molar-refractivity contribution in [1.29, 1.82) is 0 Å². The number of aromatic nitrogens is 3. The van der Waals surface area contributed by atoms with Crippen LogP contribution in [0.5, 0.6) is 5.75 Å². The van der Waals surface area contributed by atoms with Gasteiger partial charge in [0.15, 0.2) is 6.10 Å². The van der Waals surface area contributed by atoms with E-state index in [9.17, 15) is 4.79 Å². The summed E-state index contributed by atoms with van der Waals surface area (Å²) in [5.41, 5.74) is 3.12. The van der Waals surface area contributed by atoms with Crippen LogP contribution in [0.2, 0.25) is 0 Å². The third kappa shape index (κ3) is 4.34. The highest BCUT2D eigenvalue weighted by Gasteiger charge is 2.24. The fourth-order valence-corrected chi connectivity index (χ4v) is 2.82. The van der Waals surface area contributed by atoms with E-state index in [1.807, 2.05) is 62.4 Å². The minimum absolute atomic E-state index is 0.0663. The molecule has 3 rings (SSSR count). The summed E-state index contributed by atoms with van der Waals surface area (Å²) >= 11 is 0. The third-order valence-corrected chi connectivity index (χ3v) is 4.67. The van der Waals surface area contributed by atoms with Gasteiger partial charge in [0.05, 0.1) is 11.7 Å². The van der Waals surface area contributed by atoms with Crippen LogP contribution in [-0.4, -0.2) is 38.7 Å². The van der Waals surface area contributed by atoms with Crippen molar-refractivity contribution in [2.45, 2.75) is 32.9 Å². The van der Waals surface area contributed by atoms with Gasteiger partial charge in [-0.25, -0.2) is 9.67 Å². The van der Waals surface area contributed by atoms with E-state index in [4.69, 9.17) is 4.74 Å². The molecule has 0 radical (unpaired) electrons. The van der Waals surface area contributed by atoms with Crippen molar-refractivity contribution in [3.63, 3.8) is 0 Å². The van der Waals surface area contributed by atoms with E-state index in [2.05, 4.69) is 10.1 Å². The van der Waals surface area contributed by atoms with E-state index in [1.165, 1.54) is 6.33 Å². The molecule has 0 spiro atoms. The van der Waals surface area contributed by atoms with Crippen molar-refractivity contribution in [2.24, 2.45) is 0 Å². The van der Waals surface area contributed by atoms with Crippen molar-refractivity contribution in [2.75, 3.05) is 7.05 Å². The molecule has 3 aromatic rings. The van der Waals surface area contributed by atoms with Crippen molar-refractivity contribution in [1.82, 2.24) is 19.7 Å². The van der Waals surface area contributed by atoms with Crippen LogP contribution < -0.4 is 4.74 Å². The normalized spacial score (nSPS) is 13.0. The first-order chi connectivity index (χ1) is 13.0. The molecule has 140 valence electrons. The molecule has 6 heteroatoms. The molecule has 0 unspecified atom stereocenters. The minimum Gasteiger partial charge on any atom is -0.481 e. The molecule has 0 fully saturated rings. The molecule has 1 aromatic heterocycles. The maximum atomic E-state index is 12.8. The average Bonchev–Trinajstić information content (AvgIpc) is 3.23. The molecule has 6 nitrogen and oxygen atoms in total. The van der Waals surface area contributed by atoms with E-state index in [1.54, 1.807) is 29.9 Å². The number of carbonyl (C=O) groups excluding carboxylic acids is 1. The molecular formula is C21H24N4O2. The van der Waals surface area contributed by atoms with Crippen LogP contribution in [0.25, 0.3) is 5.69 Å². The predicted molar refractivity (Wildman–Crippen MR) is 104 cm³/mol. The zero-order valence-corrected chi connectivity index (χ0v) is 16.0. The summed E-state index contributed by atoms with van der Waals surface area (Å²) in [6.07, 6.45) is 2.59. The van der Waals surface area contributed by atoms with Gasteiger partial charge in [-0.05, 0) is 50.6 Å². The van der Waals surface area contributed by atoms with Gasteiger partial charge in [-0.3, -0.25) is 4.79 Å². The summed E-state index contributed by atoms with van der Waals surface area (Å²) in [5.74, 6) is 0.628. The highest BCUT2D eigenvalue weighted by atomic mass is 16.5. The Morgan fingerprint density at radius 3 is 2.33 bits per heavy atom. The van der Waals surface area contributed by atoms with Gasteiger partial charge in [0, 0.05) is 7.05 Å². The van der Waals surface area contributed by atoms with Gasteiger partial charge in [0.1, 0.15) is 18.4 Å². The monoisotopic (exact) mass is 364 g/mol. The second-order valence-electron chi connectivity index (χ2n) is 6.63. The second kappa shape index (κ2) is 8.03. The Kier molecular flexibility index (Phi) is 5.54. The summed E-state index contributed by atoms with van der Waals surface area (Å²) < 4.78 is 7.49.